The first kappa shape index (κ1) is 17.9. The summed E-state index contributed by atoms with van der Waals surface area (Å²) >= 11 is 0. The highest BCUT2D eigenvalue weighted by Crippen LogP contribution is 2.20. The minimum absolute atomic E-state index is 0.142. The van der Waals surface area contributed by atoms with Crippen molar-refractivity contribution in [3.05, 3.63) is 89.1 Å². The molecule has 0 aliphatic rings. The molecule has 0 saturated carbocycles. The van der Waals surface area contributed by atoms with E-state index in [1.54, 1.807) is 30.3 Å². The number of nitrogens with one attached hydrogen (secondary N) is 2. The standard InChI is InChI=1S/C22H17N3O2/c1-24-22(27)20(25-21(26)17-11-9-15(14-23)10-12-17)13-18-7-4-6-16-5-2-3-8-19(16)18/h2-13H,1H3,(H,24,27)(H,25,26)/b20-13-. The number of nitriles is 1. The maximum atomic E-state index is 12.5. The zero-order valence-electron chi connectivity index (χ0n) is 14.7. The Morgan fingerprint density at radius 1 is 0.963 bits per heavy atom. The van der Waals surface area contributed by atoms with Crippen LogP contribution in [-0.4, -0.2) is 18.9 Å². The summed E-state index contributed by atoms with van der Waals surface area (Å²) in [6.07, 6.45) is 1.66. The monoisotopic (exact) mass is 355 g/mol. The number of carbonyl (C=O) groups excluding carboxylic acids is 2. The van der Waals surface area contributed by atoms with Crippen molar-refractivity contribution in [3.63, 3.8) is 0 Å². The van der Waals surface area contributed by atoms with Gasteiger partial charge in [-0.2, -0.15) is 5.26 Å². The second-order valence-corrected chi connectivity index (χ2v) is 5.85. The zero-order valence-corrected chi connectivity index (χ0v) is 14.7. The molecular formula is C22H17N3O2. The molecule has 0 fully saturated rings. The van der Waals surface area contributed by atoms with Crippen molar-refractivity contribution in [1.82, 2.24) is 10.6 Å². The van der Waals surface area contributed by atoms with E-state index in [1.807, 2.05) is 48.5 Å². The lowest BCUT2D eigenvalue weighted by atomic mass is 10.0. The van der Waals surface area contributed by atoms with E-state index >= 15 is 0 Å². The van der Waals surface area contributed by atoms with Crippen LogP contribution in [0.5, 0.6) is 0 Å². The van der Waals surface area contributed by atoms with Gasteiger partial charge in [0.2, 0.25) is 0 Å². The van der Waals surface area contributed by atoms with E-state index in [0.717, 1.165) is 16.3 Å². The van der Waals surface area contributed by atoms with Gasteiger partial charge in [-0.25, -0.2) is 0 Å². The van der Waals surface area contributed by atoms with Crippen molar-refractivity contribution in [1.29, 1.82) is 5.26 Å². The smallest absolute Gasteiger partial charge is 0.267 e. The van der Waals surface area contributed by atoms with Crippen LogP contribution in [-0.2, 0) is 4.79 Å². The first-order chi connectivity index (χ1) is 13.1. The van der Waals surface area contributed by atoms with Gasteiger partial charge in [0.25, 0.3) is 11.8 Å². The van der Waals surface area contributed by atoms with Crippen LogP contribution < -0.4 is 10.6 Å². The number of amides is 2. The third-order valence-electron chi connectivity index (χ3n) is 4.12. The van der Waals surface area contributed by atoms with Crippen molar-refractivity contribution in [3.8, 4) is 6.07 Å². The number of carbonyl (C=O) groups is 2. The third kappa shape index (κ3) is 4.02. The Kier molecular flexibility index (Phi) is 5.29. The molecule has 3 rings (SSSR count). The molecule has 3 aromatic rings. The van der Waals surface area contributed by atoms with E-state index in [0.29, 0.717) is 11.1 Å². The quantitative estimate of drug-likeness (QED) is 0.705. The Bertz CT molecular complexity index is 1070. The summed E-state index contributed by atoms with van der Waals surface area (Å²) in [5.41, 5.74) is 1.79. The van der Waals surface area contributed by atoms with Crippen LogP contribution in [0.3, 0.4) is 0 Å². The molecular weight excluding hydrogens is 338 g/mol. The topological polar surface area (TPSA) is 82.0 Å². The Balaban J connectivity index is 1.96. The van der Waals surface area contributed by atoms with Gasteiger partial charge in [0.05, 0.1) is 11.6 Å². The highest BCUT2D eigenvalue weighted by molar-refractivity contribution is 6.06. The molecule has 5 nitrogen and oxygen atoms in total. The first-order valence-electron chi connectivity index (χ1n) is 8.35. The third-order valence-corrected chi connectivity index (χ3v) is 4.12. The number of likely N-dealkylation sites (N-methyl/N-ethyl adjacent to an activating group) is 1. The SMILES string of the molecule is CNC(=O)/C(=C/c1cccc2ccccc12)NC(=O)c1ccc(C#N)cc1. The summed E-state index contributed by atoms with van der Waals surface area (Å²) < 4.78 is 0. The van der Waals surface area contributed by atoms with E-state index in [-0.39, 0.29) is 5.70 Å². The van der Waals surface area contributed by atoms with Gasteiger partial charge in [0.15, 0.2) is 0 Å². The van der Waals surface area contributed by atoms with Crippen LogP contribution in [0.25, 0.3) is 16.8 Å². The number of hydrogen-bond donors (Lipinski definition) is 2. The second kappa shape index (κ2) is 7.98. The normalized spacial score (nSPS) is 10.9. The van der Waals surface area contributed by atoms with Gasteiger partial charge < -0.3 is 10.6 Å². The summed E-state index contributed by atoms with van der Waals surface area (Å²) in [6.45, 7) is 0. The molecule has 0 saturated heterocycles. The molecule has 3 aromatic carbocycles. The van der Waals surface area contributed by atoms with Crippen molar-refractivity contribution in [2.75, 3.05) is 7.05 Å². The van der Waals surface area contributed by atoms with E-state index < -0.39 is 11.8 Å². The Hall–Kier alpha value is -3.91. The zero-order chi connectivity index (χ0) is 19.2. The Labute approximate surface area is 156 Å². The molecule has 27 heavy (non-hydrogen) atoms. The van der Waals surface area contributed by atoms with Crippen LogP contribution in [0, 0.1) is 11.3 Å². The van der Waals surface area contributed by atoms with Crippen molar-refractivity contribution in [2.45, 2.75) is 0 Å². The largest absolute Gasteiger partial charge is 0.354 e. The molecule has 0 bridgehead atoms. The molecule has 0 heterocycles. The molecule has 2 amide bonds. The molecule has 5 heteroatoms. The van der Waals surface area contributed by atoms with E-state index in [9.17, 15) is 9.59 Å². The minimum Gasteiger partial charge on any atom is -0.354 e. The Morgan fingerprint density at radius 3 is 2.37 bits per heavy atom. The first-order valence-corrected chi connectivity index (χ1v) is 8.35. The van der Waals surface area contributed by atoms with Gasteiger partial charge in [-0.3, -0.25) is 9.59 Å². The van der Waals surface area contributed by atoms with Gasteiger partial charge in [0, 0.05) is 12.6 Å². The van der Waals surface area contributed by atoms with E-state index in [1.165, 1.54) is 7.05 Å². The minimum atomic E-state index is -0.422. The Morgan fingerprint density at radius 2 is 1.67 bits per heavy atom. The van der Waals surface area contributed by atoms with Gasteiger partial charge in [0.1, 0.15) is 5.70 Å². The van der Waals surface area contributed by atoms with E-state index in [2.05, 4.69) is 10.6 Å². The number of benzene rings is 3. The fourth-order valence-electron chi connectivity index (χ4n) is 2.72. The van der Waals surface area contributed by atoms with Gasteiger partial charge in [-0.1, -0.05) is 42.5 Å². The predicted octanol–water partition coefficient (Wildman–Crippen LogP) is 3.23. The van der Waals surface area contributed by atoms with Crippen LogP contribution in [0.4, 0.5) is 0 Å². The fourth-order valence-corrected chi connectivity index (χ4v) is 2.72. The molecule has 0 spiro atoms. The summed E-state index contributed by atoms with van der Waals surface area (Å²) in [5, 5.41) is 16.1. The lowest BCUT2D eigenvalue weighted by molar-refractivity contribution is -0.117. The summed E-state index contributed by atoms with van der Waals surface area (Å²) in [6, 6.07) is 21.8. The van der Waals surface area contributed by atoms with Gasteiger partial charge in [-0.15, -0.1) is 0 Å². The highest BCUT2D eigenvalue weighted by atomic mass is 16.2. The van der Waals surface area contributed by atoms with E-state index in [4.69, 9.17) is 5.26 Å². The van der Waals surface area contributed by atoms with Crippen LogP contribution in [0.1, 0.15) is 21.5 Å². The molecule has 0 aromatic heterocycles. The lowest BCUT2D eigenvalue weighted by Gasteiger charge is -2.10. The number of nitrogens with zero attached hydrogens (tertiary/aromatic N) is 1. The van der Waals surface area contributed by atoms with Crippen molar-refractivity contribution < 1.29 is 9.59 Å². The molecule has 0 aliphatic heterocycles. The maximum Gasteiger partial charge on any atom is 0.267 e. The average Bonchev–Trinajstić information content (AvgIpc) is 2.72. The molecule has 0 atom stereocenters. The molecule has 0 radical (unpaired) electrons. The van der Waals surface area contributed by atoms with Crippen LogP contribution >= 0.6 is 0 Å². The summed E-state index contributed by atoms with van der Waals surface area (Å²) in [5.74, 6) is -0.820. The molecule has 0 aliphatic carbocycles. The number of hydrogen-bond acceptors (Lipinski definition) is 3. The maximum absolute atomic E-state index is 12.5. The summed E-state index contributed by atoms with van der Waals surface area (Å²) in [4.78, 5) is 24.8. The highest BCUT2D eigenvalue weighted by Gasteiger charge is 2.14. The lowest BCUT2D eigenvalue weighted by Crippen LogP contribution is -2.33. The molecule has 0 unspecified atom stereocenters. The van der Waals surface area contributed by atoms with Crippen molar-refractivity contribution in [2.24, 2.45) is 0 Å². The molecule has 132 valence electrons. The fraction of sp³-hybridized carbons (Fsp3) is 0.0455. The second-order valence-electron chi connectivity index (χ2n) is 5.85. The van der Waals surface area contributed by atoms with Crippen LogP contribution in [0.15, 0.2) is 72.4 Å². The average molecular weight is 355 g/mol. The number of fused-ring (bicyclic) bond motifs is 1. The number of rotatable bonds is 4. The van der Waals surface area contributed by atoms with Gasteiger partial charge >= 0.3 is 0 Å². The van der Waals surface area contributed by atoms with Gasteiger partial charge in [-0.05, 0) is 46.7 Å². The summed E-state index contributed by atoms with van der Waals surface area (Å²) in [7, 11) is 1.51. The van der Waals surface area contributed by atoms with Crippen LogP contribution in [0.2, 0.25) is 0 Å². The van der Waals surface area contributed by atoms with Crippen molar-refractivity contribution >= 4 is 28.7 Å². The predicted molar refractivity (Wildman–Crippen MR) is 105 cm³/mol. The molecule has 2 N–H and O–H groups in total.